The van der Waals surface area contributed by atoms with E-state index in [9.17, 15) is 14.7 Å². The molecule has 1 atom stereocenters. The SMILES string of the molecule is COc1cc2nc(N3C(=O)C(O)=C(C(=O)C(C)(C)C)C3c3cccc(C)c3)[nH]c2cc1OC. The van der Waals surface area contributed by atoms with Gasteiger partial charge in [-0.15, -0.1) is 0 Å². The molecule has 2 aromatic carbocycles. The highest BCUT2D eigenvalue weighted by molar-refractivity contribution is 6.17. The number of ether oxygens (including phenoxy) is 2. The van der Waals surface area contributed by atoms with Crippen molar-refractivity contribution in [2.45, 2.75) is 33.7 Å². The van der Waals surface area contributed by atoms with Gasteiger partial charge >= 0.3 is 0 Å². The number of ketones is 1. The Balaban J connectivity index is 1.91. The molecule has 0 saturated heterocycles. The molecular formula is C25H27N3O5. The van der Waals surface area contributed by atoms with Gasteiger partial charge in [0.15, 0.2) is 23.0 Å². The average Bonchev–Trinajstić information content (AvgIpc) is 3.29. The van der Waals surface area contributed by atoms with Crippen molar-refractivity contribution in [1.29, 1.82) is 0 Å². The third kappa shape index (κ3) is 3.71. The predicted molar refractivity (Wildman–Crippen MR) is 125 cm³/mol. The molecule has 172 valence electrons. The highest BCUT2D eigenvalue weighted by Gasteiger charge is 2.47. The van der Waals surface area contributed by atoms with Crippen LogP contribution in [0.2, 0.25) is 0 Å². The molecule has 8 nitrogen and oxygen atoms in total. The van der Waals surface area contributed by atoms with E-state index < -0.39 is 23.1 Å². The molecule has 4 rings (SSSR count). The molecule has 33 heavy (non-hydrogen) atoms. The molecular weight excluding hydrogens is 422 g/mol. The molecule has 0 fully saturated rings. The Morgan fingerprint density at radius 2 is 1.79 bits per heavy atom. The third-order valence-corrected chi connectivity index (χ3v) is 5.69. The van der Waals surface area contributed by atoms with Gasteiger partial charge in [0.05, 0.1) is 36.9 Å². The van der Waals surface area contributed by atoms with E-state index in [2.05, 4.69) is 9.97 Å². The number of carbonyl (C=O) groups is 2. The van der Waals surface area contributed by atoms with Gasteiger partial charge in [-0.25, -0.2) is 4.98 Å². The van der Waals surface area contributed by atoms with Crippen LogP contribution >= 0.6 is 0 Å². The lowest BCUT2D eigenvalue weighted by Crippen LogP contribution is -2.33. The number of benzene rings is 2. The smallest absolute Gasteiger partial charge is 0.296 e. The first-order valence-electron chi connectivity index (χ1n) is 10.6. The molecule has 0 saturated carbocycles. The number of aliphatic hydroxyl groups excluding tert-OH is 1. The van der Waals surface area contributed by atoms with Gasteiger partial charge in [0.2, 0.25) is 5.95 Å². The molecule has 0 spiro atoms. The van der Waals surface area contributed by atoms with E-state index in [4.69, 9.17) is 9.47 Å². The van der Waals surface area contributed by atoms with Gasteiger partial charge in [-0.3, -0.25) is 14.5 Å². The summed E-state index contributed by atoms with van der Waals surface area (Å²) in [5, 5.41) is 10.8. The Morgan fingerprint density at radius 3 is 2.39 bits per heavy atom. The van der Waals surface area contributed by atoms with Crippen LogP contribution in [0, 0.1) is 12.3 Å². The van der Waals surface area contributed by atoms with Crippen LogP contribution in [0.25, 0.3) is 11.0 Å². The lowest BCUT2D eigenvalue weighted by molar-refractivity contribution is -0.123. The normalized spacial score (nSPS) is 16.6. The number of aliphatic hydroxyl groups is 1. The highest BCUT2D eigenvalue weighted by atomic mass is 16.5. The van der Waals surface area contributed by atoms with E-state index in [0.717, 1.165) is 5.56 Å². The summed E-state index contributed by atoms with van der Waals surface area (Å²) in [6, 6.07) is 10.1. The van der Waals surface area contributed by atoms with Crippen molar-refractivity contribution in [1.82, 2.24) is 9.97 Å². The van der Waals surface area contributed by atoms with Crippen molar-refractivity contribution in [2.75, 3.05) is 19.1 Å². The molecule has 0 aliphatic carbocycles. The standard InChI is InChI=1S/C25H27N3O5/c1-13-8-7-9-14(10-13)20-19(22(30)25(2,3)4)21(29)23(31)28(20)24-26-15-11-17(32-5)18(33-6)12-16(15)27-24/h7-12,20,29H,1-6H3,(H,26,27). The average molecular weight is 450 g/mol. The fourth-order valence-electron chi connectivity index (χ4n) is 4.05. The van der Waals surface area contributed by atoms with Gasteiger partial charge in [-0.05, 0) is 12.5 Å². The molecule has 1 aromatic heterocycles. The Morgan fingerprint density at radius 1 is 1.12 bits per heavy atom. The van der Waals surface area contributed by atoms with E-state index >= 15 is 0 Å². The lowest BCUT2D eigenvalue weighted by atomic mass is 9.82. The van der Waals surface area contributed by atoms with Gasteiger partial charge in [0.1, 0.15) is 0 Å². The number of aromatic nitrogens is 2. The number of amides is 1. The number of hydrogen-bond acceptors (Lipinski definition) is 6. The second-order valence-corrected chi connectivity index (χ2v) is 9.12. The van der Waals surface area contributed by atoms with Crippen molar-refractivity contribution >= 4 is 28.7 Å². The maximum Gasteiger partial charge on any atom is 0.296 e. The van der Waals surface area contributed by atoms with Crippen molar-refractivity contribution in [3.8, 4) is 11.5 Å². The summed E-state index contributed by atoms with van der Waals surface area (Å²) in [5.41, 5.74) is 2.11. The minimum Gasteiger partial charge on any atom is -0.503 e. The van der Waals surface area contributed by atoms with Crippen LogP contribution in [0.3, 0.4) is 0 Å². The van der Waals surface area contributed by atoms with Gasteiger partial charge in [0, 0.05) is 17.5 Å². The summed E-state index contributed by atoms with van der Waals surface area (Å²) in [5.74, 6) is -0.339. The largest absolute Gasteiger partial charge is 0.503 e. The van der Waals surface area contributed by atoms with E-state index in [0.29, 0.717) is 28.1 Å². The number of aryl methyl sites for hydroxylation is 1. The molecule has 8 heteroatoms. The van der Waals surface area contributed by atoms with Crippen molar-refractivity contribution in [3.63, 3.8) is 0 Å². The lowest BCUT2D eigenvalue weighted by Gasteiger charge is -2.27. The number of methoxy groups -OCH3 is 2. The van der Waals surface area contributed by atoms with Crippen molar-refractivity contribution in [3.05, 3.63) is 58.9 Å². The summed E-state index contributed by atoms with van der Waals surface area (Å²) < 4.78 is 10.7. The van der Waals surface area contributed by atoms with Gasteiger partial charge in [-0.2, -0.15) is 0 Å². The number of Topliss-reactive ketones (excluding diaryl/α,β-unsaturated/α-hetero) is 1. The number of carbonyl (C=O) groups excluding carboxylic acids is 2. The quantitative estimate of drug-likeness (QED) is 0.598. The molecule has 2 heterocycles. The number of fused-ring (bicyclic) bond motifs is 1. The molecule has 1 amide bonds. The zero-order chi connectivity index (χ0) is 24.1. The van der Waals surface area contributed by atoms with Gasteiger partial charge in [-0.1, -0.05) is 50.6 Å². The van der Waals surface area contributed by atoms with Crippen LogP contribution < -0.4 is 14.4 Å². The maximum atomic E-state index is 13.3. The molecule has 1 aliphatic heterocycles. The third-order valence-electron chi connectivity index (χ3n) is 5.69. The molecule has 1 aliphatic rings. The van der Waals surface area contributed by atoms with E-state index in [-0.39, 0.29) is 17.3 Å². The Labute approximate surface area is 191 Å². The first-order chi connectivity index (χ1) is 15.6. The van der Waals surface area contributed by atoms with Crippen LogP contribution in [0.15, 0.2) is 47.7 Å². The number of nitrogens with one attached hydrogen (secondary N) is 1. The molecule has 0 radical (unpaired) electrons. The summed E-state index contributed by atoms with van der Waals surface area (Å²) in [7, 11) is 3.06. The zero-order valence-corrected chi connectivity index (χ0v) is 19.5. The molecule has 0 bridgehead atoms. The summed E-state index contributed by atoms with van der Waals surface area (Å²) in [6.45, 7) is 7.21. The Hall–Kier alpha value is -3.81. The number of H-pyrrole nitrogens is 1. The monoisotopic (exact) mass is 449 g/mol. The van der Waals surface area contributed by atoms with E-state index in [1.54, 1.807) is 32.9 Å². The molecule has 3 aromatic rings. The summed E-state index contributed by atoms with van der Waals surface area (Å²) in [4.78, 5) is 35.7. The van der Waals surface area contributed by atoms with Gasteiger partial charge < -0.3 is 19.6 Å². The van der Waals surface area contributed by atoms with E-state index in [1.807, 2.05) is 31.2 Å². The predicted octanol–water partition coefficient (Wildman–Crippen LogP) is 4.40. The van der Waals surface area contributed by atoms with Gasteiger partial charge in [0.25, 0.3) is 5.91 Å². The van der Waals surface area contributed by atoms with Crippen molar-refractivity contribution < 1.29 is 24.2 Å². The second-order valence-electron chi connectivity index (χ2n) is 9.12. The first-order valence-corrected chi connectivity index (χ1v) is 10.6. The topological polar surface area (TPSA) is 105 Å². The molecule has 1 unspecified atom stereocenters. The van der Waals surface area contributed by atoms with Crippen LogP contribution in [-0.4, -0.2) is 41.0 Å². The molecule has 2 N–H and O–H groups in total. The Kier molecular flexibility index (Phi) is 5.40. The number of aromatic amines is 1. The fraction of sp³-hybridized carbons (Fsp3) is 0.320. The maximum absolute atomic E-state index is 13.3. The van der Waals surface area contributed by atoms with Crippen LogP contribution in [0.1, 0.15) is 37.9 Å². The number of rotatable bonds is 5. The van der Waals surface area contributed by atoms with Crippen LogP contribution in [0.4, 0.5) is 5.95 Å². The minimum absolute atomic E-state index is 0.0636. The number of anilines is 1. The number of hydrogen-bond donors (Lipinski definition) is 2. The summed E-state index contributed by atoms with van der Waals surface area (Å²) >= 11 is 0. The minimum atomic E-state index is -0.825. The highest BCUT2D eigenvalue weighted by Crippen LogP contribution is 2.43. The number of nitrogens with zero attached hydrogens (tertiary/aromatic N) is 2. The van der Waals surface area contributed by atoms with E-state index in [1.165, 1.54) is 19.1 Å². The second kappa shape index (κ2) is 7.95. The summed E-state index contributed by atoms with van der Waals surface area (Å²) in [6.07, 6.45) is 0. The fourth-order valence-corrected chi connectivity index (χ4v) is 4.05. The number of imidazole rings is 1. The van der Waals surface area contributed by atoms with Crippen molar-refractivity contribution in [2.24, 2.45) is 5.41 Å². The van der Waals surface area contributed by atoms with Crippen LogP contribution in [0.5, 0.6) is 11.5 Å². The Bertz CT molecular complexity index is 1260. The first kappa shape index (κ1) is 22.4. The zero-order valence-electron chi connectivity index (χ0n) is 19.5. The van der Waals surface area contributed by atoms with Crippen LogP contribution in [-0.2, 0) is 9.59 Å².